The van der Waals surface area contributed by atoms with Crippen LogP contribution >= 0.6 is 11.6 Å². The summed E-state index contributed by atoms with van der Waals surface area (Å²) in [5.74, 6) is -7.93. The van der Waals surface area contributed by atoms with Crippen LogP contribution in [0, 0.1) is 17.8 Å². The van der Waals surface area contributed by atoms with E-state index in [4.69, 9.17) is 21.1 Å². The number of alkyl halides is 3. The number of methoxy groups -OCH3 is 1. The minimum atomic E-state index is -5.15. The molecule has 1 N–H and O–H groups in total. The van der Waals surface area contributed by atoms with E-state index in [1.165, 1.54) is 57.4 Å². The zero-order valence-corrected chi connectivity index (χ0v) is 26.9. The van der Waals surface area contributed by atoms with Crippen LogP contribution in [0.4, 0.5) is 13.2 Å². The second-order valence-electron chi connectivity index (χ2n) is 12.1. The topological polar surface area (TPSA) is 116 Å². The molecule has 45 heavy (non-hydrogen) atoms. The molecule has 0 saturated carbocycles. The molecule has 0 heterocycles. The molecule has 0 radical (unpaired) electrons. The number of esters is 1. The second kappa shape index (κ2) is 16.0. The summed E-state index contributed by atoms with van der Waals surface area (Å²) < 4.78 is 50.5. The van der Waals surface area contributed by atoms with E-state index in [-0.39, 0.29) is 30.4 Å². The fourth-order valence-corrected chi connectivity index (χ4v) is 4.79. The van der Waals surface area contributed by atoms with Crippen LogP contribution in [-0.4, -0.2) is 48.1 Å². The molecule has 0 fully saturated rings. The third-order valence-electron chi connectivity index (χ3n) is 6.97. The lowest BCUT2D eigenvalue weighted by Crippen LogP contribution is -2.41. The van der Waals surface area contributed by atoms with Gasteiger partial charge in [0.2, 0.25) is 11.7 Å². The van der Waals surface area contributed by atoms with Gasteiger partial charge in [-0.15, -0.1) is 0 Å². The summed E-state index contributed by atoms with van der Waals surface area (Å²) in [6, 6.07) is 10.6. The molecule has 2 aromatic rings. The van der Waals surface area contributed by atoms with Crippen molar-refractivity contribution in [1.82, 2.24) is 5.32 Å². The van der Waals surface area contributed by atoms with Crippen LogP contribution in [0.3, 0.4) is 0 Å². The number of Topliss-reactive ketones (excluding diaryl/α,β-unsaturated/α-hetero) is 3. The Morgan fingerprint density at radius 3 is 2.07 bits per heavy atom. The number of amides is 1. The minimum absolute atomic E-state index is 0.127. The second-order valence-corrected chi connectivity index (χ2v) is 12.5. The molecule has 0 aliphatic rings. The van der Waals surface area contributed by atoms with Gasteiger partial charge >= 0.3 is 12.1 Å². The van der Waals surface area contributed by atoms with Crippen LogP contribution in [0.1, 0.15) is 82.3 Å². The summed E-state index contributed by atoms with van der Waals surface area (Å²) in [5, 5.41) is 2.88. The normalized spacial score (nSPS) is 13.8. The number of nitrogens with one attached hydrogen (secondary N) is 1. The molecule has 0 saturated heterocycles. The lowest BCUT2D eigenvalue weighted by Gasteiger charge is -2.26. The Labute approximate surface area is 266 Å². The largest absolute Gasteiger partial charge is 0.497 e. The van der Waals surface area contributed by atoms with Crippen molar-refractivity contribution in [2.45, 2.75) is 78.1 Å². The third-order valence-corrected chi connectivity index (χ3v) is 7.20. The van der Waals surface area contributed by atoms with E-state index in [1.54, 1.807) is 32.9 Å². The molecule has 12 heteroatoms. The molecular formula is C33H39ClF3NO7. The predicted molar refractivity (Wildman–Crippen MR) is 162 cm³/mol. The first-order valence-corrected chi connectivity index (χ1v) is 14.8. The Balaban J connectivity index is 2.44. The van der Waals surface area contributed by atoms with E-state index in [1.807, 2.05) is 0 Å². The van der Waals surface area contributed by atoms with Gasteiger partial charge in [-0.3, -0.25) is 24.0 Å². The first-order valence-electron chi connectivity index (χ1n) is 14.4. The average molecular weight is 654 g/mol. The van der Waals surface area contributed by atoms with Crippen molar-refractivity contribution in [3.05, 3.63) is 64.7 Å². The summed E-state index contributed by atoms with van der Waals surface area (Å²) in [5.41, 5.74) is -0.341. The predicted octanol–water partition coefficient (Wildman–Crippen LogP) is 6.88. The van der Waals surface area contributed by atoms with Crippen molar-refractivity contribution in [3.63, 3.8) is 0 Å². The van der Waals surface area contributed by atoms with Crippen molar-refractivity contribution < 1.29 is 46.6 Å². The van der Waals surface area contributed by atoms with E-state index in [9.17, 15) is 37.1 Å². The molecule has 0 aromatic heterocycles. The van der Waals surface area contributed by atoms with Crippen LogP contribution in [0.5, 0.6) is 5.75 Å². The van der Waals surface area contributed by atoms with Gasteiger partial charge in [0.1, 0.15) is 17.4 Å². The van der Waals surface area contributed by atoms with E-state index >= 15 is 0 Å². The fourth-order valence-electron chi connectivity index (χ4n) is 4.60. The number of rotatable bonds is 15. The number of ketones is 3. The quantitative estimate of drug-likeness (QED) is 0.165. The van der Waals surface area contributed by atoms with Crippen LogP contribution in [0.25, 0.3) is 0 Å². The molecule has 8 nitrogen and oxygen atoms in total. The summed E-state index contributed by atoms with van der Waals surface area (Å²) >= 11 is 6.03. The summed E-state index contributed by atoms with van der Waals surface area (Å²) in [6.07, 6.45) is -6.66. The van der Waals surface area contributed by atoms with E-state index < -0.39 is 71.2 Å². The van der Waals surface area contributed by atoms with E-state index in [2.05, 4.69) is 5.32 Å². The van der Waals surface area contributed by atoms with Gasteiger partial charge < -0.3 is 14.8 Å². The van der Waals surface area contributed by atoms with Gasteiger partial charge in [0.05, 0.1) is 7.11 Å². The van der Waals surface area contributed by atoms with Crippen LogP contribution in [0.2, 0.25) is 5.02 Å². The van der Waals surface area contributed by atoms with Gasteiger partial charge in [-0.05, 0) is 62.9 Å². The molecule has 2 rings (SSSR count). The minimum Gasteiger partial charge on any atom is -0.497 e. The van der Waals surface area contributed by atoms with Crippen molar-refractivity contribution in [1.29, 1.82) is 0 Å². The summed E-state index contributed by atoms with van der Waals surface area (Å²) in [7, 11) is 1.42. The Hall–Kier alpha value is -3.73. The highest BCUT2D eigenvalue weighted by Gasteiger charge is 2.45. The maximum atomic E-state index is 13.7. The number of benzene rings is 2. The molecule has 246 valence electrons. The maximum Gasteiger partial charge on any atom is 0.450 e. The Bertz CT molecular complexity index is 1370. The molecular weight excluding hydrogens is 615 g/mol. The number of carbonyl (C=O) groups is 5. The lowest BCUT2D eigenvalue weighted by molar-refractivity contribution is -0.177. The number of hydrogen-bond donors (Lipinski definition) is 1. The number of ether oxygens (including phenoxy) is 2. The zero-order chi connectivity index (χ0) is 34.1. The Kier molecular flexibility index (Phi) is 13.3. The van der Waals surface area contributed by atoms with E-state index in [0.29, 0.717) is 10.8 Å². The highest BCUT2D eigenvalue weighted by atomic mass is 35.5. The number of hydrogen-bond acceptors (Lipinski definition) is 7. The fraction of sp³-hybridized carbons (Fsp3) is 0.485. The van der Waals surface area contributed by atoms with Gasteiger partial charge in [0.15, 0.2) is 11.6 Å². The number of carbonyl (C=O) groups excluding carboxylic acids is 5. The summed E-state index contributed by atoms with van der Waals surface area (Å²) in [6.45, 7) is 7.83. The molecule has 2 aromatic carbocycles. The molecule has 0 bridgehead atoms. The standard InChI is InChI=1S/C33H39ClF3NO7/c1-19(2)25(30(42)33(35,36)37)18-27(40)29(20-10-13-24(44-6)14-11-20)38-31(43)22(12-15-28(41)45-32(3,4)5)17-26(39)21-8-7-9-23(34)16-21/h7-11,13-14,16,19,22,25,29H,12,15,17-18H2,1-6H3,(H,38,43)/t22-,25+,29+/m1/s1. The Morgan fingerprint density at radius 2 is 1.56 bits per heavy atom. The SMILES string of the molecule is COc1ccc([C@H](NC(=O)[C@H](CCC(=O)OC(C)(C)C)CC(=O)c2cccc(Cl)c2)C(=O)C[C@H](C(=O)C(F)(F)F)C(C)C)cc1. The highest BCUT2D eigenvalue weighted by molar-refractivity contribution is 6.31. The molecule has 0 spiro atoms. The molecule has 0 aliphatic heterocycles. The molecule has 0 unspecified atom stereocenters. The van der Waals surface area contributed by atoms with Crippen molar-refractivity contribution >= 4 is 40.8 Å². The Morgan fingerprint density at radius 1 is 0.933 bits per heavy atom. The highest BCUT2D eigenvalue weighted by Crippen LogP contribution is 2.31. The lowest BCUT2D eigenvalue weighted by atomic mass is 9.84. The van der Waals surface area contributed by atoms with Crippen molar-refractivity contribution in [2.24, 2.45) is 17.8 Å². The molecule has 1 amide bonds. The van der Waals surface area contributed by atoms with Crippen molar-refractivity contribution in [3.8, 4) is 5.75 Å². The third kappa shape index (κ3) is 11.9. The summed E-state index contributed by atoms with van der Waals surface area (Å²) in [4.78, 5) is 65.1. The molecule has 3 atom stereocenters. The monoisotopic (exact) mass is 653 g/mol. The first kappa shape index (κ1) is 37.5. The number of halogens is 4. The average Bonchev–Trinajstić information content (AvgIpc) is 2.94. The van der Waals surface area contributed by atoms with Gasteiger partial charge in [-0.1, -0.05) is 49.7 Å². The molecule has 0 aliphatic carbocycles. The smallest absolute Gasteiger partial charge is 0.450 e. The van der Waals surface area contributed by atoms with Crippen LogP contribution in [0.15, 0.2) is 48.5 Å². The maximum absolute atomic E-state index is 13.7. The first-order chi connectivity index (χ1) is 20.8. The zero-order valence-electron chi connectivity index (χ0n) is 26.1. The van der Waals surface area contributed by atoms with Crippen LogP contribution in [-0.2, 0) is 23.9 Å². The van der Waals surface area contributed by atoms with Gasteiger partial charge in [0.25, 0.3) is 0 Å². The van der Waals surface area contributed by atoms with E-state index in [0.717, 1.165) is 0 Å². The van der Waals surface area contributed by atoms with Crippen LogP contribution < -0.4 is 10.1 Å². The van der Waals surface area contributed by atoms with Crippen molar-refractivity contribution in [2.75, 3.05) is 7.11 Å². The van der Waals surface area contributed by atoms with Gasteiger partial charge in [0, 0.05) is 41.7 Å². The van der Waals surface area contributed by atoms with Gasteiger partial charge in [-0.25, -0.2) is 0 Å². The van der Waals surface area contributed by atoms with Gasteiger partial charge in [-0.2, -0.15) is 13.2 Å².